The van der Waals surface area contributed by atoms with Crippen LogP contribution in [0.3, 0.4) is 0 Å². The molecule has 0 saturated heterocycles. The van der Waals surface area contributed by atoms with Gasteiger partial charge in [0.2, 0.25) is 0 Å². The molecule has 6 nitrogen and oxygen atoms in total. The average molecular weight is 391 g/mol. The third-order valence-corrected chi connectivity index (χ3v) is 4.19. The van der Waals surface area contributed by atoms with E-state index in [4.69, 9.17) is 0 Å². The van der Waals surface area contributed by atoms with Gasteiger partial charge in [0.15, 0.2) is 0 Å². The van der Waals surface area contributed by atoms with Crippen LogP contribution in [-0.4, -0.2) is 17.7 Å². The fraction of sp³-hybridized carbons (Fsp3) is 0.0455. The molecule has 0 bridgehead atoms. The van der Waals surface area contributed by atoms with Crippen LogP contribution in [0.25, 0.3) is 0 Å². The second-order valence-electron chi connectivity index (χ2n) is 6.26. The van der Waals surface area contributed by atoms with Crippen molar-refractivity contribution in [2.24, 2.45) is 0 Å². The number of rotatable bonds is 4. The lowest BCUT2D eigenvalue weighted by molar-refractivity contribution is 0.0846. The summed E-state index contributed by atoms with van der Waals surface area (Å²) < 4.78 is 12.9. The first-order valence-corrected chi connectivity index (χ1v) is 8.77. The van der Waals surface area contributed by atoms with Crippen molar-refractivity contribution in [3.8, 4) is 0 Å². The first kappa shape index (κ1) is 19.8. The van der Waals surface area contributed by atoms with E-state index in [-0.39, 0.29) is 11.5 Å². The highest BCUT2D eigenvalue weighted by atomic mass is 19.1. The van der Waals surface area contributed by atoms with Crippen LogP contribution < -0.4 is 16.2 Å². The molecule has 3 N–H and O–H groups in total. The summed E-state index contributed by atoms with van der Waals surface area (Å²) in [6.07, 6.45) is 0. The Kier molecular flexibility index (Phi) is 5.99. The van der Waals surface area contributed by atoms with E-state index in [1.807, 2.05) is 19.1 Å². The number of carbonyl (C=O) groups excluding carboxylic acids is 3. The standard InChI is InChI=1S/C22H18FN3O3/c1-14-4-2-3-5-19(14)22(29)24-18-12-8-16(9-13-18)21(28)26-25-20(27)15-6-10-17(23)11-7-15/h2-13H,1H3,(H,24,29)(H,25,27)(H,26,28). The van der Waals surface area contributed by atoms with Gasteiger partial charge in [0.05, 0.1) is 0 Å². The maximum absolute atomic E-state index is 12.9. The summed E-state index contributed by atoms with van der Waals surface area (Å²) in [6.45, 7) is 1.85. The number of amides is 3. The molecule has 0 fully saturated rings. The molecule has 0 radical (unpaired) electrons. The van der Waals surface area contributed by atoms with Gasteiger partial charge < -0.3 is 5.32 Å². The summed E-state index contributed by atoms with van der Waals surface area (Å²) in [6, 6.07) is 18.4. The second-order valence-corrected chi connectivity index (χ2v) is 6.26. The predicted molar refractivity (Wildman–Crippen MR) is 107 cm³/mol. The van der Waals surface area contributed by atoms with Gasteiger partial charge in [-0.25, -0.2) is 4.39 Å². The molecule has 3 aromatic carbocycles. The number of hydrogen-bond acceptors (Lipinski definition) is 3. The zero-order valence-electron chi connectivity index (χ0n) is 15.5. The number of benzene rings is 3. The van der Waals surface area contributed by atoms with Crippen molar-refractivity contribution in [3.63, 3.8) is 0 Å². The molecular formula is C22H18FN3O3. The minimum absolute atomic E-state index is 0.209. The lowest BCUT2D eigenvalue weighted by Gasteiger charge is -2.09. The Hall–Kier alpha value is -4.00. The molecule has 0 aliphatic rings. The Bertz CT molecular complexity index is 1050. The fourth-order valence-corrected chi connectivity index (χ4v) is 2.59. The Morgan fingerprint density at radius 3 is 1.76 bits per heavy atom. The summed E-state index contributed by atoms with van der Waals surface area (Å²) in [7, 11) is 0. The van der Waals surface area contributed by atoms with E-state index in [0.717, 1.165) is 17.7 Å². The van der Waals surface area contributed by atoms with Crippen LogP contribution in [0.5, 0.6) is 0 Å². The van der Waals surface area contributed by atoms with Crippen LogP contribution >= 0.6 is 0 Å². The smallest absolute Gasteiger partial charge is 0.269 e. The van der Waals surface area contributed by atoms with Gasteiger partial charge in [-0.05, 0) is 67.1 Å². The van der Waals surface area contributed by atoms with Crippen molar-refractivity contribution in [2.45, 2.75) is 6.92 Å². The van der Waals surface area contributed by atoms with Crippen molar-refractivity contribution in [1.82, 2.24) is 10.9 Å². The summed E-state index contributed by atoms with van der Waals surface area (Å²) in [5, 5.41) is 2.77. The fourth-order valence-electron chi connectivity index (χ4n) is 2.59. The molecular weight excluding hydrogens is 373 g/mol. The SMILES string of the molecule is Cc1ccccc1C(=O)Nc1ccc(C(=O)NNC(=O)c2ccc(F)cc2)cc1. The lowest BCUT2D eigenvalue weighted by atomic mass is 10.1. The molecule has 0 spiro atoms. The third-order valence-electron chi connectivity index (χ3n) is 4.19. The largest absolute Gasteiger partial charge is 0.322 e. The molecule has 7 heteroatoms. The Morgan fingerprint density at radius 2 is 1.21 bits per heavy atom. The van der Waals surface area contributed by atoms with E-state index in [0.29, 0.717) is 16.8 Å². The quantitative estimate of drug-likeness (QED) is 0.595. The number of hydrazine groups is 1. The number of anilines is 1. The predicted octanol–water partition coefficient (Wildman–Crippen LogP) is 3.46. The molecule has 3 amide bonds. The van der Waals surface area contributed by atoms with Crippen molar-refractivity contribution in [1.29, 1.82) is 0 Å². The molecule has 0 aromatic heterocycles. The van der Waals surface area contributed by atoms with Gasteiger partial charge in [-0.15, -0.1) is 0 Å². The second kappa shape index (κ2) is 8.79. The number of hydrogen-bond donors (Lipinski definition) is 3. The molecule has 0 aliphatic carbocycles. The number of nitrogens with one attached hydrogen (secondary N) is 3. The van der Waals surface area contributed by atoms with Crippen LogP contribution in [0.15, 0.2) is 72.8 Å². The first-order valence-electron chi connectivity index (χ1n) is 8.77. The van der Waals surface area contributed by atoms with Gasteiger partial charge >= 0.3 is 0 Å². The van der Waals surface area contributed by atoms with Gasteiger partial charge in [-0.1, -0.05) is 18.2 Å². The van der Waals surface area contributed by atoms with Crippen molar-refractivity contribution >= 4 is 23.4 Å². The molecule has 146 valence electrons. The molecule has 0 unspecified atom stereocenters. The highest BCUT2D eigenvalue weighted by Gasteiger charge is 2.11. The first-order chi connectivity index (χ1) is 13.9. The molecule has 0 heterocycles. The van der Waals surface area contributed by atoms with Gasteiger partial charge in [0, 0.05) is 22.4 Å². The number of carbonyl (C=O) groups is 3. The number of aryl methyl sites for hydroxylation is 1. The van der Waals surface area contributed by atoms with Crippen molar-refractivity contribution in [3.05, 3.63) is 101 Å². The summed E-state index contributed by atoms with van der Waals surface area (Å²) in [4.78, 5) is 36.4. The van der Waals surface area contributed by atoms with E-state index in [1.54, 1.807) is 24.3 Å². The zero-order chi connectivity index (χ0) is 20.8. The highest BCUT2D eigenvalue weighted by Crippen LogP contribution is 2.13. The van der Waals surface area contributed by atoms with Crippen LogP contribution in [-0.2, 0) is 0 Å². The van der Waals surface area contributed by atoms with Crippen molar-refractivity contribution in [2.75, 3.05) is 5.32 Å². The molecule has 0 saturated carbocycles. The summed E-state index contributed by atoms with van der Waals surface area (Å²) in [5.74, 6) is -1.80. The normalized spacial score (nSPS) is 10.1. The maximum Gasteiger partial charge on any atom is 0.269 e. The molecule has 3 rings (SSSR count). The van der Waals surface area contributed by atoms with Gasteiger partial charge in [0.1, 0.15) is 5.82 Å². The topological polar surface area (TPSA) is 87.3 Å². The molecule has 3 aromatic rings. The zero-order valence-corrected chi connectivity index (χ0v) is 15.5. The van der Waals surface area contributed by atoms with E-state index in [1.165, 1.54) is 24.3 Å². The summed E-state index contributed by atoms with van der Waals surface area (Å²) >= 11 is 0. The highest BCUT2D eigenvalue weighted by molar-refractivity contribution is 6.05. The van der Waals surface area contributed by atoms with Crippen LogP contribution in [0.2, 0.25) is 0 Å². The van der Waals surface area contributed by atoms with Gasteiger partial charge in [0.25, 0.3) is 17.7 Å². The monoisotopic (exact) mass is 391 g/mol. The van der Waals surface area contributed by atoms with E-state index in [9.17, 15) is 18.8 Å². The molecule has 0 atom stereocenters. The van der Waals surface area contributed by atoms with Crippen LogP contribution in [0.4, 0.5) is 10.1 Å². The van der Waals surface area contributed by atoms with Crippen LogP contribution in [0.1, 0.15) is 36.6 Å². The molecule has 29 heavy (non-hydrogen) atoms. The Balaban J connectivity index is 1.57. The summed E-state index contributed by atoms with van der Waals surface area (Å²) in [5.41, 5.74) is 7.00. The minimum atomic E-state index is -0.569. The van der Waals surface area contributed by atoms with E-state index >= 15 is 0 Å². The van der Waals surface area contributed by atoms with Gasteiger partial charge in [-0.3, -0.25) is 25.2 Å². The van der Waals surface area contributed by atoms with E-state index < -0.39 is 17.6 Å². The maximum atomic E-state index is 12.9. The third kappa shape index (κ3) is 5.04. The van der Waals surface area contributed by atoms with Gasteiger partial charge in [-0.2, -0.15) is 0 Å². The average Bonchev–Trinajstić information content (AvgIpc) is 2.73. The van der Waals surface area contributed by atoms with E-state index in [2.05, 4.69) is 16.2 Å². The lowest BCUT2D eigenvalue weighted by Crippen LogP contribution is -2.41. The molecule has 0 aliphatic heterocycles. The Labute approximate surface area is 166 Å². The number of halogens is 1. The Morgan fingerprint density at radius 1 is 0.690 bits per heavy atom. The van der Waals surface area contributed by atoms with Crippen LogP contribution in [0, 0.1) is 12.7 Å². The van der Waals surface area contributed by atoms with Crippen molar-refractivity contribution < 1.29 is 18.8 Å². The minimum Gasteiger partial charge on any atom is -0.322 e.